The maximum atomic E-state index is 12.1. The largest absolute Gasteiger partial charge is 0.362 e. The lowest BCUT2D eigenvalue weighted by molar-refractivity contribution is -0.129. The van der Waals surface area contributed by atoms with E-state index >= 15 is 0 Å². The molecule has 0 radical (unpaired) electrons. The van der Waals surface area contributed by atoms with Crippen molar-refractivity contribution in [3.63, 3.8) is 0 Å². The van der Waals surface area contributed by atoms with Crippen molar-refractivity contribution in [2.75, 3.05) is 5.32 Å². The van der Waals surface area contributed by atoms with E-state index in [0.717, 1.165) is 11.3 Å². The number of carbonyl (C=O) groups excluding carboxylic acids is 1. The minimum absolute atomic E-state index is 0.199. The Balaban J connectivity index is 2.93. The highest BCUT2D eigenvalue weighted by Crippen LogP contribution is 2.32. The molecule has 112 valence electrons. The molecule has 1 atom stereocenters. The van der Waals surface area contributed by atoms with E-state index in [1.54, 1.807) is 20.8 Å². The zero-order valence-electron chi connectivity index (χ0n) is 11.9. The van der Waals surface area contributed by atoms with Gasteiger partial charge in [-0.2, -0.15) is 0 Å². The summed E-state index contributed by atoms with van der Waals surface area (Å²) in [7, 11) is 0. The second kappa shape index (κ2) is 6.42. The number of hydrogen-bond acceptors (Lipinski definition) is 2. The quantitative estimate of drug-likeness (QED) is 0.639. The normalized spacial score (nSPS) is 13.8. The van der Waals surface area contributed by atoms with Gasteiger partial charge in [-0.15, -0.1) is 0 Å². The molecule has 0 bridgehead atoms. The lowest BCUT2D eigenvalue weighted by Crippen LogP contribution is -2.52. The molecule has 1 aromatic rings. The van der Waals surface area contributed by atoms with Crippen LogP contribution in [0.15, 0.2) is 24.3 Å². The maximum Gasteiger partial charge on any atom is 0.228 e. The van der Waals surface area contributed by atoms with Gasteiger partial charge in [-0.3, -0.25) is 4.79 Å². The number of para-hydroxylation sites is 1. The van der Waals surface area contributed by atoms with Crippen LogP contribution in [0.5, 0.6) is 0 Å². The summed E-state index contributed by atoms with van der Waals surface area (Å²) < 4.78 is -1.66. The number of benzene rings is 1. The average Bonchev–Trinajstić information content (AvgIpc) is 2.28. The Morgan fingerprint density at radius 1 is 1.15 bits per heavy atom. The summed E-state index contributed by atoms with van der Waals surface area (Å²) in [5.74, 6) is -0.199. The van der Waals surface area contributed by atoms with Crippen molar-refractivity contribution in [2.24, 2.45) is 5.41 Å². The van der Waals surface area contributed by atoms with Crippen molar-refractivity contribution in [3.8, 4) is 0 Å². The second-order valence-electron chi connectivity index (χ2n) is 5.66. The summed E-state index contributed by atoms with van der Waals surface area (Å²) in [6, 6.07) is 7.58. The van der Waals surface area contributed by atoms with Crippen LogP contribution in [-0.4, -0.2) is 15.9 Å². The van der Waals surface area contributed by atoms with Crippen LogP contribution in [0.4, 0.5) is 5.69 Å². The molecule has 3 nitrogen and oxygen atoms in total. The van der Waals surface area contributed by atoms with E-state index in [4.69, 9.17) is 34.8 Å². The first-order chi connectivity index (χ1) is 9.01. The van der Waals surface area contributed by atoms with Gasteiger partial charge in [0.1, 0.15) is 6.17 Å². The zero-order chi connectivity index (χ0) is 15.6. The molecule has 0 saturated heterocycles. The number of carbonyl (C=O) groups is 1. The summed E-state index contributed by atoms with van der Waals surface area (Å²) in [6.07, 6.45) is -0.819. The van der Waals surface area contributed by atoms with E-state index < -0.39 is 15.4 Å². The van der Waals surface area contributed by atoms with Crippen LogP contribution in [0.1, 0.15) is 26.3 Å². The Bertz CT molecular complexity index is 478. The van der Waals surface area contributed by atoms with Crippen LogP contribution >= 0.6 is 34.8 Å². The molecule has 0 aliphatic rings. The van der Waals surface area contributed by atoms with Crippen LogP contribution in [0.2, 0.25) is 0 Å². The van der Waals surface area contributed by atoms with Gasteiger partial charge in [-0.05, 0) is 18.6 Å². The Kier molecular flexibility index (Phi) is 5.59. The van der Waals surface area contributed by atoms with E-state index in [9.17, 15) is 4.79 Å². The summed E-state index contributed by atoms with van der Waals surface area (Å²) in [6.45, 7) is 7.33. The van der Waals surface area contributed by atoms with Gasteiger partial charge in [0.05, 0.1) is 0 Å². The molecule has 0 aromatic heterocycles. The van der Waals surface area contributed by atoms with E-state index in [1.165, 1.54) is 0 Å². The first-order valence-corrected chi connectivity index (χ1v) is 7.35. The van der Waals surface area contributed by atoms with Crippen molar-refractivity contribution in [3.05, 3.63) is 29.8 Å². The predicted octanol–water partition coefficient (Wildman–Crippen LogP) is 4.27. The van der Waals surface area contributed by atoms with Gasteiger partial charge < -0.3 is 10.6 Å². The fourth-order valence-electron chi connectivity index (χ4n) is 1.44. The summed E-state index contributed by atoms with van der Waals surface area (Å²) in [5.41, 5.74) is 1.23. The molecule has 0 aliphatic heterocycles. The molecule has 0 unspecified atom stereocenters. The molecular weight excluding hydrogens is 319 g/mol. The fraction of sp³-hybridized carbons (Fsp3) is 0.500. The number of aryl methyl sites for hydroxylation is 1. The average molecular weight is 338 g/mol. The zero-order valence-corrected chi connectivity index (χ0v) is 14.2. The van der Waals surface area contributed by atoms with Gasteiger partial charge in [0.25, 0.3) is 0 Å². The molecule has 6 heteroatoms. The van der Waals surface area contributed by atoms with Crippen molar-refractivity contribution < 1.29 is 4.79 Å². The fourth-order valence-corrected chi connectivity index (χ4v) is 1.77. The minimum Gasteiger partial charge on any atom is -0.362 e. The second-order valence-corrected chi connectivity index (χ2v) is 8.03. The number of anilines is 1. The summed E-state index contributed by atoms with van der Waals surface area (Å²) >= 11 is 17.8. The lowest BCUT2D eigenvalue weighted by atomic mass is 9.95. The van der Waals surface area contributed by atoms with E-state index in [1.807, 2.05) is 31.2 Å². The molecule has 0 aliphatic carbocycles. The standard InChI is InChI=1S/C14H19Cl3N2O/c1-9-7-5-6-8-10(9)18-11(14(15,16)17)19-12(20)13(2,3)4/h5-8,11,18H,1-4H3,(H,19,20)/t11-/m0/s1. The number of nitrogens with one attached hydrogen (secondary N) is 2. The first kappa shape index (κ1) is 17.4. The molecule has 1 aromatic carbocycles. The Labute approximate surface area is 135 Å². The third kappa shape index (κ3) is 5.04. The van der Waals surface area contributed by atoms with Crippen molar-refractivity contribution in [1.82, 2.24) is 5.32 Å². The smallest absolute Gasteiger partial charge is 0.228 e. The Morgan fingerprint density at radius 3 is 2.15 bits per heavy atom. The number of rotatable bonds is 3. The molecule has 0 heterocycles. The predicted molar refractivity (Wildman–Crippen MR) is 86.5 cm³/mol. The monoisotopic (exact) mass is 336 g/mol. The van der Waals surface area contributed by atoms with Gasteiger partial charge >= 0.3 is 0 Å². The highest BCUT2D eigenvalue weighted by atomic mass is 35.6. The summed E-state index contributed by atoms with van der Waals surface area (Å²) in [5, 5.41) is 5.79. The molecule has 2 N–H and O–H groups in total. The number of halogens is 3. The van der Waals surface area contributed by atoms with Crippen molar-refractivity contribution >= 4 is 46.4 Å². The minimum atomic E-state index is -1.66. The van der Waals surface area contributed by atoms with E-state index in [0.29, 0.717) is 0 Å². The molecule has 0 fully saturated rings. The van der Waals surface area contributed by atoms with Crippen LogP contribution in [0, 0.1) is 12.3 Å². The highest BCUT2D eigenvalue weighted by molar-refractivity contribution is 6.68. The van der Waals surface area contributed by atoms with Crippen LogP contribution in [0.3, 0.4) is 0 Å². The molecule has 1 amide bonds. The lowest BCUT2D eigenvalue weighted by Gasteiger charge is -2.30. The topological polar surface area (TPSA) is 41.1 Å². The maximum absolute atomic E-state index is 12.1. The number of amides is 1. The summed E-state index contributed by atoms with van der Waals surface area (Å²) in [4.78, 5) is 12.1. The van der Waals surface area contributed by atoms with Crippen molar-refractivity contribution in [1.29, 1.82) is 0 Å². The number of alkyl halides is 3. The van der Waals surface area contributed by atoms with Crippen molar-refractivity contribution in [2.45, 2.75) is 37.7 Å². The van der Waals surface area contributed by atoms with E-state index in [-0.39, 0.29) is 5.91 Å². The first-order valence-electron chi connectivity index (χ1n) is 6.21. The Hall–Kier alpha value is -0.640. The van der Waals surface area contributed by atoms with Gasteiger partial charge in [0.2, 0.25) is 9.70 Å². The van der Waals surface area contributed by atoms with E-state index in [2.05, 4.69) is 10.6 Å². The molecule has 0 saturated carbocycles. The van der Waals surface area contributed by atoms with Crippen LogP contribution in [-0.2, 0) is 4.79 Å². The third-order valence-electron chi connectivity index (χ3n) is 2.73. The third-order valence-corrected chi connectivity index (χ3v) is 3.38. The SMILES string of the molecule is Cc1ccccc1N[C@@H](NC(=O)C(C)(C)C)C(Cl)(Cl)Cl. The molecule has 1 rings (SSSR count). The molecular formula is C14H19Cl3N2O. The van der Waals surface area contributed by atoms with Gasteiger partial charge in [0, 0.05) is 11.1 Å². The highest BCUT2D eigenvalue weighted by Gasteiger charge is 2.36. The number of hydrogen-bond donors (Lipinski definition) is 2. The van der Waals surface area contributed by atoms with Gasteiger partial charge in [-0.25, -0.2) is 0 Å². The van der Waals surface area contributed by atoms with Gasteiger partial charge in [-0.1, -0.05) is 73.8 Å². The Morgan fingerprint density at radius 2 is 1.70 bits per heavy atom. The van der Waals surface area contributed by atoms with Gasteiger partial charge in [0.15, 0.2) is 0 Å². The van der Waals surface area contributed by atoms with Crippen LogP contribution in [0.25, 0.3) is 0 Å². The van der Waals surface area contributed by atoms with Crippen LogP contribution < -0.4 is 10.6 Å². The molecule has 20 heavy (non-hydrogen) atoms. The molecule has 0 spiro atoms.